The Labute approximate surface area is 183 Å². The average Bonchev–Trinajstić information content (AvgIpc) is 3.23. The molecule has 4 rings (SSSR count). The van der Waals surface area contributed by atoms with Crippen molar-refractivity contribution in [1.29, 1.82) is 0 Å². The van der Waals surface area contributed by atoms with E-state index >= 15 is 0 Å². The van der Waals surface area contributed by atoms with E-state index in [1.807, 2.05) is 27.7 Å². The zero-order chi connectivity index (χ0) is 22.6. The number of hydrogen-bond donors (Lipinski definition) is 1. The first-order valence-corrected chi connectivity index (χ1v) is 11.2. The molecule has 1 saturated heterocycles. The van der Waals surface area contributed by atoms with Crippen LogP contribution in [-0.4, -0.2) is 36.9 Å². The van der Waals surface area contributed by atoms with Gasteiger partial charge in [0.15, 0.2) is 5.78 Å². The number of Topliss-reactive ketones (excluding diaryl/α,β-unsaturated/α-hetero) is 1. The summed E-state index contributed by atoms with van der Waals surface area (Å²) in [5.41, 5.74) is -0.390. The smallest absolute Gasteiger partial charge is 0.310 e. The van der Waals surface area contributed by atoms with Gasteiger partial charge in [0, 0.05) is 17.5 Å². The van der Waals surface area contributed by atoms with E-state index in [1.54, 1.807) is 18.6 Å². The van der Waals surface area contributed by atoms with Crippen molar-refractivity contribution in [3.05, 3.63) is 24.2 Å². The van der Waals surface area contributed by atoms with Crippen LogP contribution in [0.1, 0.15) is 65.0 Å². The van der Waals surface area contributed by atoms with E-state index in [0.717, 1.165) is 5.56 Å². The Hall–Kier alpha value is -2.15. The first-order chi connectivity index (χ1) is 14.6. The maximum absolute atomic E-state index is 13.9. The van der Waals surface area contributed by atoms with Crippen LogP contribution >= 0.6 is 0 Å². The predicted octanol–water partition coefficient (Wildman–Crippen LogP) is 3.44. The summed E-state index contributed by atoms with van der Waals surface area (Å²) in [6.45, 7) is 8.06. The van der Waals surface area contributed by atoms with Gasteiger partial charge in [-0.15, -0.1) is 0 Å². The van der Waals surface area contributed by atoms with Crippen LogP contribution in [0.4, 0.5) is 0 Å². The van der Waals surface area contributed by atoms with Gasteiger partial charge in [0.25, 0.3) is 0 Å². The minimum absolute atomic E-state index is 0.0961. The van der Waals surface area contributed by atoms with Crippen molar-refractivity contribution in [2.24, 2.45) is 28.6 Å². The molecule has 0 aromatic carbocycles. The number of nitrogens with one attached hydrogen (secondary N) is 1. The van der Waals surface area contributed by atoms with Crippen LogP contribution in [0, 0.1) is 28.6 Å². The summed E-state index contributed by atoms with van der Waals surface area (Å²) in [5, 5.41) is 3.36. The Bertz CT molecular complexity index is 863. The number of furan rings is 1. The molecule has 0 spiro atoms. The van der Waals surface area contributed by atoms with Crippen LogP contribution in [0.3, 0.4) is 0 Å². The largest absolute Gasteiger partial charge is 0.472 e. The molecule has 0 bridgehead atoms. The summed E-state index contributed by atoms with van der Waals surface area (Å²) in [5.74, 6) is -1.65. The summed E-state index contributed by atoms with van der Waals surface area (Å²) in [6.07, 6.45) is 4.85. The third-order valence-corrected chi connectivity index (χ3v) is 8.09. The van der Waals surface area contributed by atoms with Crippen LogP contribution < -0.4 is 5.32 Å². The van der Waals surface area contributed by atoms with E-state index in [-0.39, 0.29) is 29.7 Å². The molecule has 3 fully saturated rings. The van der Waals surface area contributed by atoms with Crippen molar-refractivity contribution < 1.29 is 28.3 Å². The SMILES string of the molecule is COC(=O)[C@@H]1C[C@@H](NC(C)C)C(=O)[C@H]2[C@@]1(C)CC[C@H]1C(=O)O[C@H](c3ccoc3)C[C@]21C. The molecule has 1 aliphatic heterocycles. The Morgan fingerprint density at radius 3 is 2.61 bits per heavy atom. The van der Waals surface area contributed by atoms with E-state index in [2.05, 4.69) is 5.32 Å². The Morgan fingerprint density at radius 1 is 1.26 bits per heavy atom. The summed E-state index contributed by atoms with van der Waals surface area (Å²) in [4.78, 5) is 39.9. The molecular formula is C24H33NO6. The average molecular weight is 432 g/mol. The maximum atomic E-state index is 13.9. The molecule has 7 atom stereocenters. The molecular weight excluding hydrogens is 398 g/mol. The topological polar surface area (TPSA) is 94.8 Å². The van der Waals surface area contributed by atoms with Crippen LogP contribution in [0.5, 0.6) is 0 Å². The lowest BCUT2D eigenvalue weighted by molar-refractivity contribution is -0.203. The number of ketones is 1. The number of cyclic esters (lactones) is 1. The van der Waals surface area contributed by atoms with Gasteiger partial charge in [0.1, 0.15) is 6.10 Å². The third-order valence-electron chi connectivity index (χ3n) is 8.09. The van der Waals surface area contributed by atoms with Gasteiger partial charge in [-0.3, -0.25) is 14.4 Å². The molecule has 1 aromatic rings. The van der Waals surface area contributed by atoms with Crippen LogP contribution in [0.15, 0.2) is 23.0 Å². The number of rotatable bonds is 4. The van der Waals surface area contributed by atoms with Gasteiger partial charge >= 0.3 is 11.9 Å². The van der Waals surface area contributed by atoms with Crippen molar-refractivity contribution in [2.75, 3.05) is 7.11 Å². The lowest BCUT2D eigenvalue weighted by atomic mass is 9.43. The quantitative estimate of drug-likeness (QED) is 0.730. The highest BCUT2D eigenvalue weighted by Gasteiger charge is 2.67. The van der Waals surface area contributed by atoms with Gasteiger partial charge in [-0.05, 0) is 42.6 Å². The molecule has 170 valence electrons. The fraction of sp³-hybridized carbons (Fsp3) is 0.708. The molecule has 0 radical (unpaired) electrons. The van der Waals surface area contributed by atoms with Crippen LogP contribution in [-0.2, 0) is 23.9 Å². The van der Waals surface area contributed by atoms with Crippen molar-refractivity contribution in [3.63, 3.8) is 0 Å². The van der Waals surface area contributed by atoms with E-state index in [4.69, 9.17) is 13.9 Å². The molecule has 7 nitrogen and oxygen atoms in total. The highest BCUT2D eigenvalue weighted by Crippen LogP contribution is 2.64. The Kier molecular flexibility index (Phi) is 5.53. The van der Waals surface area contributed by atoms with Crippen molar-refractivity contribution in [1.82, 2.24) is 5.32 Å². The second-order valence-electron chi connectivity index (χ2n) is 10.3. The molecule has 2 aliphatic carbocycles. The lowest BCUT2D eigenvalue weighted by Crippen LogP contribution is -2.66. The van der Waals surface area contributed by atoms with Crippen LogP contribution in [0.25, 0.3) is 0 Å². The zero-order valence-corrected chi connectivity index (χ0v) is 19.0. The van der Waals surface area contributed by atoms with E-state index in [1.165, 1.54) is 7.11 Å². The summed E-state index contributed by atoms with van der Waals surface area (Å²) >= 11 is 0. The van der Waals surface area contributed by atoms with Gasteiger partial charge < -0.3 is 19.2 Å². The second-order valence-corrected chi connectivity index (χ2v) is 10.3. The molecule has 7 heteroatoms. The fourth-order valence-electron chi connectivity index (χ4n) is 6.75. The third kappa shape index (κ3) is 3.41. The fourth-order valence-corrected chi connectivity index (χ4v) is 6.75. The zero-order valence-electron chi connectivity index (χ0n) is 19.0. The van der Waals surface area contributed by atoms with Gasteiger partial charge in [-0.2, -0.15) is 0 Å². The standard InChI is InChI=1S/C24H33NO6/c1-13(2)25-17-10-16(21(27)29-5)23(3)8-6-15-22(28)31-18(14-7-9-30-12-14)11-24(15,4)20(23)19(17)26/h7,9,12-13,15-18,20,25H,6,8,10-11H2,1-5H3/t15-,16-,17+,18-,20-,23-,24-/m0/s1. The molecule has 0 amide bonds. The van der Waals surface area contributed by atoms with E-state index in [9.17, 15) is 14.4 Å². The Balaban J connectivity index is 1.79. The highest BCUT2D eigenvalue weighted by molar-refractivity contribution is 5.92. The molecule has 1 aromatic heterocycles. The van der Waals surface area contributed by atoms with Crippen molar-refractivity contribution in [3.8, 4) is 0 Å². The molecule has 2 heterocycles. The van der Waals surface area contributed by atoms with Crippen LogP contribution in [0.2, 0.25) is 0 Å². The van der Waals surface area contributed by atoms with E-state index < -0.39 is 34.8 Å². The molecule has 31 heavy (non-hydrogen) atoms. The molecule has 2 saturated carbocycles. The lowest BCUT2D eigenvalue weighted by Gasteiger charge is -2.61. The Morgan fingerprint density at radius 2 is 2.00 bits per heavy atom. The molecule has 0 unspecified atom stereocenters. The number of hydrogen-bond acceptors (Lipinski definition) is 7. The monoisotopic (exact) mass is 431 g/mol. The second kappa shape index (κ2) is 7.76. The highest BCUT2D eigenvalue weighted by atomic mass is 16.5. The first-order valence-electron chi connectivity index (χ1n) is 11.2. The number of esters is 2. The number of carbonyl (C=O) groups excluding carboxylic acids is 3. The minimum Gasteiger partial charge on any atom is -0.472 e. The number of methoxy groups -OCH3 is 1. The molecule has 3 aliphatic rings. The normalized spacial score (nSPS) is 40.1. The summed E-state index contributed by atoms with van der Waals surface area (Å²) < 4.78 is 16.2. The number of ether oxygens (including phenoxy) is 2. The number of carbonyl (C=O) groups is 3. The van der Waals surface area contributed by atoms with Gasteiger partial charge in [0.2, 0.25) is 0 Å². The van der Waals surface area contributed by atoms with Crippen molar-refractivity contribution in [2.45, 2.75) is 71.6 Å². The first kappa shape index (κ1) is 22.1. The van der Waals surface area contributed by atoms with Crippen molar-refractivity contribution >= 4 is 17.7 Å². The summed E-state index contributed by atoms with van der Waals surface area (Å²) in [6, 6.07) is 1.45. The minimum atomic E-state index is -0.620. The number of fused-ring (bicyclic) bond motifs is 3. The van der Waals surface area contributed by atoms with E-state index in [0.29, 0.717) is 25.7 Å². The van der Waals surface area contributed by atoms with Gasteiger partial charge in [0.05, 0.1) is 37.5 Å². The maximum Gasteiger partial charge on any atom is 0.310 e. The predicted molar refractivity (Wildman–Crippen MR) is 112 cm³/mol. The molecule has 1 N–H and O–H groups in total. The van der Waals surface area contributed by atoms with Gasteiger partial charge in [-0.25, -0.2) is 0 Å². The summed E-state index contributed by atoms with van der Waals surface area (Å²) in [7, 11) is 1.41. The van der Waals surface area contributed by atoms with Gasteiger partial charge in [-0.1, -0.05) is 27.7 Å².